The number of hydrogen-bond acceptors (Lipinski definition) is 2. The van der Waals surface area contributed by atoms with Crippen LogP contribution < -0.4 is 0 Å². The van der Waals surface area contributed by atoms with Crippen molar-refractivity contribution in [2.24, 2.45) is 0 Å². The molecule has 2 rings (SSSR count). The van der Waals surface area contributed by atoms with Gasteiger partial charge in [-0.3, -0.25) is 0 Å². The van der Waals surface area contributed by atoms with Gasteiger partial charge in [0.1, 0.15) is 6.26 Å². The van der Waals surface area contributed by atoms with Crippen molar-refractivity contribution in [3.8, 4) is 0 Å². The van der Waals surface area contributed by atoms with Crippen LogP contribution in [0.4, 0.5) is 0 Å². The Morgan fingerprint density at radius 1 is 1.38 bits per heavy atom. The molecule has 0 bridgehead atoms. The van der Waals surface area contributed by atoms with Gasteiger partial charge in [0, 0.05) is 5.56 Å². The van der Waals surface area contributed by atoms with E-state index in [4.69, 9.17) is 4.52 Å². The second-order valence-corrected chi connectivity index (χ2v) is 4.29. The number of rotatable bonds is 2. The summed E-state index contributed by atoms with van der Waals surface area (Å²) in [6.45, 7) is 4.35. The van der Waals surface area contributed by atoms with E-state index >= 15 is 0 Å². The van der Waals surface area contributed by atoms with Crippen molar-refractivity contribution >= 4 is 0 Å². The van der Waals surface area contributed by atoms with Crippen molar-refractivity contribution in [2.75, 3.05) is 0 Å². The maximum absolute atomic E-state index is 5.07. The molecule has 0 saturated heterocycles. The summed E-state index contributed by atoms with van der Waals surface area (Å²) < 4.78 is 5.07. The van der Waals surface area contributed by atoms with Gasteiger partial charge < -0.3 is 4.52 Å². The third kappa shape index (κ3) is 1.62. The molecule has 1 fully saturated rings. The Kier molecular flexibility index (Phi) is 2.38. The van der Waals surface area contributed by atoms with Gasteiger partial charge in [-0.1, -0.05) is 31.8 Å². The molecule has 0 atom stereocenters. The van der Waals surface area contributed by atoms with Crippen molar-refractivity contribution in [1.82, 2.24) is 5.16 Å². The van der Waals surface area contributed by atoms with Gasteiger partial charge in [-0.15, -0.1) is 0 Å². The molecule has 0 N–H and O–H groups in total. The Morgan fingerprint density at radius 3 is 2.69 bits per heavy atom. The molecule has 0 aliphatic heterocycles. The second-order valence-electron chi connectivity index (χ2n) is 4.29. The van der Waals surface area contributed by atoms with Crippen LogP contribution in [0, 0.1) is 0 Å². The van der Waals surface area contributed by atoms with Gasteiger partial charge in [-0.25, -0.2) is 0 Å². The average Bonchev–Trinajstić information content (AvgIpc) is 2.74. The molecule has 0 aromatic carbocycles. The summed E-state index contributed by atoms with van der Waals surface area (Å²) in [6, 6.07) is 0. The van der Waals surface area contributed by atoms with Crippen LogP contribution in [0.25, 0.3) is 0 Å². The smallest absolute Gasteiger partial charge is 0.127 e. The van der Waals surface area contributed by atoms with Gasteiger partial charge in [0.05, 0.1) is 5.69 Å². The van der Waals surface area contributed by atoms with Crippen LogP contribution in [-0.4, -0.2) is 5.16 Å². The summed E-state index contributed by atoms with van der Waals surface area (Å²) in [5, 5.41) is 4.09. The first kappa shape index (κ1) is 8.79. The predicted molar refractivity (Wildman–Crippen MR) is 51.8 cm³/mol. The van der Waals surface area contributed by atoms with Crippen LogP contribution >= 0.6 is 0 Å². The molecule has 0 unspecified atom stereocenters. The van der Waals surface area contributed by atoms with E-state index in [2.05, 4.69) is 19.0 Å². The zero-order valence-electron chi connectivity index (χ0n) is 8.42. The summed E-state index contributed by atoms with van der Waals surface area (Å²) in [5.41, 5.74) is 2.54. The highest BCUT2D eigenvalue weighted by molar-refractivity contribution is 5.23. The molecule has 1 aromatic rings. The van der Waals surface area contributed by atoms with Gasteiger partial charge in [-0.05, 0) is 24.7 Å². The Morgan fingerprint density at radius 2 is 2.08 bits per heavy atom. The largest absolute Gasteiger partial charge is 0.364 e. The molecule has 2 nitrogen and oxygen atoms in total. The summed E-state index contributed by atoms with van der Waals surface area (Å²) >= 11 is 0. The van der Waals surface area contributed by atoms with E-state index in [1.165, 1.54) is 36.9 Å². The predicted octanol–water partition coefficient (Wildman–Crippen LogP) is 3.46. The monoisotopic (exact) mass is 179 g/mol. The zero-order chi connectivity index (χ0) is 9.26. The molecule has 1 aliphatic carbocycles. The van der Waals surface area contributed by atoms with Crippen LogP contribution in [0.3, 0.4) is 0 Å². The zero-order valence-corrected chi connectivity index (χ0v) is 8.42. The SMILES string of the molecule is CC(C)c1nocc1C1CCCC1. The maximum atomic E-state index is 5.07. The molecule has 1 saturated carbocycles. The quantitative estimate of drug-likeness (QED) is 0.695. The molecule has 72 valence electrons. The molecule has 1 aliphatic rings. The fraction of sp³-hybridized carbons (Fsp3) is 0.727. The van der Waals surface area contributed by atoms with E-state index in [-0.39, 0.29) is 0 Å². The molecular formula is C11H17NO. The summed E-state index contributed by atoms with van der Waals surface area (Å²) in [5.74, 6) is 1.22. The van der Waals surface area contributed by atoms with Gasteiger partial charge in [0.15, 0.2) is 0 Å². The Balaban J connectivity index is 2.23. The maximum Gasteiger partial charge on any atom is 0.127 e. The lowest BCUT2D eigenvalue weighted by Gasteiger charge is -2.09. The highest BCUT2D eigenvalue weighted by Gasteiger charge is 2.23. The van der Waals surface area contributed by atoms with Gasteiger partial charge in [0.25, 0.3) is 0 Å². The Labute approximate surface area is 79.3 Å². The Hall–Kier alpha value is -0.790. The second kappa shape index (κ2) is 3.52. The molecule has 0 radical (unpaired) electrons. The van der Waals surface area contributed by atoms with Gasteiger partial charge in [-0.2, -0.15) is 0 Å². The van der Waals surface area contributed by atoms with E-state index in [9.17, 15) is 0 Å². The van der Waals surface area contributed by atoms with Crippen molar-refractivity contribution < 1.29 is 4.52 Å². The normalized spacial score (nSPS) is 18.7. The topological polar surface area (TPSA) is 26.0 Å². The highest BCUT2D eigenvalue weighted by atomic mass is 16.5. The average molecular weight is 179 g/mol. The van der Waals surface area contributed by atoms with Crippen molar-refractivity contribution in [3.05, 3.63) is 17.5 Å². The summed E-state index contributed by atoms with van der Waals surface area (Å²) in [7, 11) is 0. The van der Waals surface area contributed by atoms with Crippen molar-refractivity contribution in [3.63, 3.8) is 0 Å². The van der Waals surface area contributed by atoms with Crippen LogP contribution in [-0.2, 0) is 0 Å². The van der Waals surface area contributed by atoms with Crippen LogP contribution in [0.1, 0.15) is 62.6 Å². The summed E-state index contributed by atoms with van der Waals surface area (Å²) in [6.07, 6.45) is 7.23. The standard InChI is InChI=1S/C11H17NO/c1-8(2)11-10(7-13-12-11)9-5-3-4-6-9/h7-9H,3-6H2,1-2H3. The molecule has 1 aromatic heterocycles. The molecule has 13 heavy (non-hydrogen) atoms. The number of nitrogens with zero attached hydrogens (tertiary/aromatic N) is 1. The molecule has 0 spiro atoms. The lowest BCUT2D eigenvalue weighted by atomic mass is 9.94. The first-order valence-electron chi connectivity index (χ1n) is 5.23. The fourth-order valence-electron chi connectivity index (χ4n) is 2.23. The van der Waals surface area contributed by atoms with Crippen molar-refractivity contribution in [2.45, 2.75) is 51.4 Å². The lowest BCUT2D eigenvalue weighted by molar-refractivity contribution is 0.407. The van der Waals surface area contributed by atoms with Gasteiger partial charge >= 0.3 is 0 Å². The summed E-state index contributed by atoms with van der Waals surface area (Å²) in [4.78, 5) is 0. The molecule has 0 amide bonds. The first-order chi connectivity index (χ1) is 6.29. The van der Waals surface area contributed by atoms with E-state index in [1.807, 2.05) is 6.26 Å². The minimum absolute atomic E-state index is 0.495. The Bertz CT molecular complexity index is 271. The number of hydrogen-bond donors (Lipinski definition) is 0. The van der Waals surface area contributed by atoms with Crippen LogP contribution in [0.5, 0.6) is 0 Å². The van der Waals surface area contributed by atoms with E-state index in [0.29, 0.717) is 5.92 Å². The van der Waals surface area contributed by atoms with E-state index < -0.39 is 0 Å². The van der Waals surface area contributed by atoms with Crippen LogP contribution in [0.15, 0.2) is 10.8 Å². The van der Waals surface area contributed by atoms with Crippen LogP contribution in [0.2, 0.25) is 0 Å². The molecule has 2 heteroatoms. The fourth-order valence-corrected chi connectivity index (χ4v) is 2.23. The number of aromatic nitrogens is 1. The minimum Gasteiger partial charge on any atom is -0.364 e. The molecular weight excluding hydrogens is 162 g/mol. The highest BCUT2D eigenvalue weighted by Crippen LogP contribution is 2.37. The first-order valence-corrected chi connectivity index (χ1v) is 5.23. The van der Waals surface area contributed by atoms with Gasteiger partial charge in [0.2, 0.25) is 0 Å². The van der Waals surface area contributed by atoms with Crippen molar-refractivity contribution in [1.29, 1.82) is 0 Å². The third-order valence-electron chi connectivity index (χ3n) is 2.97. The van der Waals surface area contributed by atoms with E-state index in [1.54, 1.807) is 0 Å². The lowest BCUT2D eigenvalue weighted by Crippen LogP contribution is -1.98. The third-order valence-corrected chi connectivity index (χ3v) is 2.97. The van der Waals surface area contributed by atoms with E-state index in [0.717, 1.165) is 5.92 Å². The minimum atomic E-state index is 0.495. The molecule has 1 heterocycles.